The second-order valence-corrected chi connectivity index (χ2v) is 18.4. The number of thiophene rings is 1. The Morgan fingerprint density at radius 1 is 0.313 bits per heavy atom. The van der Waals surface area contributed by atoms with Gasteiger partial charge in [0, 0.05) is 69.6 Å². The molecule has 67 heavy (non-hydrogen) atoms. The monoisotopic (exact) mass is 870 g/mol. The van der Waals surface area contributed by atoms with Gasteiger partial charge in [0.05, 0.1) is 33.3 Å². The number of hydrogen-bond donors (Lipinski definition) is 0. The van der Waals surface area contributed by atoms with Crippen molar-refractivity contribution in [1.29, 1.82) is 0 Å². The molecule has 312 valence electrons. The van der Waals surface area contributed by atoms with E-state index in [1.54, 1.807) is 0 Å². The van der Waals surface area contributed by atoms with E-state index in [1.165, 1.54) is 86.2 Å². The van der Waals surface area contributed by atoms with Gasteiger partial charge in [-0.05, 0) is 101 Å². The summed E-state index contributed by atoms with van der Waals surface area (Å²) in [5.74, 6) is 0.721. The zero-order valence-electron chi connectivity index (χ0n) is 36.1. The number of fused-ring (bicyclic) bond motifs is 10. The number of rotatable bonds is 6. The van der Waals surface area contributed by atoms with E-state index in [0.29, 0.717) is 0 Å². The molecule has 0 spiro atoms. The minimum Gasteiger partial charge on any atom is -0.309 e. The molecule has 0 fully saturated rings. The van der Waals surface area contributed by atoms with Crippen LogP contribution in [0.1, 0.15) is 0 Å². The molecule has 0 aliphatic rings. The predicted octanol–water partition coefficient (Wildman–Crippen LogP) is 16.9. The summed E-state index contributed by atoms with van der Waals surface area (Å²) in [6, 6.07) is 83.3. The molecule has 4 nitrogen and oxygen atoms in total. The number of para-hydroxylation sites is 4. The molecule has 0 aliphatic carbocycles. The van der Waals surface area contributed by atoms with Crippen molar-refractivity contribution in [2.45, 2.75) is 0 Å². The average molecular weight is 871 g/mol. The third-order valence-corrected chi connectivity index (χ3v) is 14.7. The maximum Gasteiger partial charge on any atom is 0.160 e. The van der Waals surface area contributed by atoms with E-state index in [2.05, 4.69) is 228 Å². The molecule has 4 heterocycles. The first kappa shape index (κ1) is 37.7. The van der Waals surface area contributed by atoms with Crippen LogP contribution >= 0.6 is 11.3 Å². The van der Waals surface area contributed by atoms with Crippen LogP contribution in [0.2, 0.25) is 0 Å². The van der Waals surface area contributed by atoms with Gasteiger partial charge in [0.15, 0.2) is 5.82 Å². The van der Waals surface area contributed by atoms with Crippen LogP contribution in [0.25, 0.3) is 131 Å². The van der Waals surface area contributed by atoms with Gasteiger partial charge in [-0.15, -0.1) is 11.3 Å². The molecule has 0 amide bonds. The molecule has 0 saturated carbocycles. The molecule has 0 radical (unpaired) electrons. The van der Waals surface area contributed by atoms with Gasteiger partial charge >= 0.3 is 0 Å². The summed E-state index contributed by atoms with van der Waals surface area (Å²) in [5.41, 5.74) is 15.8. The van der Waals surface area contributed by atoms with Crippen LogP contribution in [0.4, 0.5) is 0 Å². The highest BCUT2D eigenvalue weighted by Gasteiger charge is 2.19. The molecular weight excluding hydrogens is 833 g/mol. The van der Waals surface area contributed by atoms with E-state index < -0.39 is 0 Å². The van der Waals surface area contributed by atoms with E-state index in [4.69, 9.17) is 9.97 Å². The van der Waals surface area contributed by atoms with Crippen LogP contribution in [-0.4, -0.2) is 19.1 Å². The first-order valence-electron chi connectivity index (χ1n) is 22.7. The molecule has 4 aromatic heterocycles. The number of aromatic nitrogens is 4. The Kier molecular flexibility index (Phi) is 8.42. The Hall–Kier alpha value is -8.64. The van der Waals surface area contributed by atoms with Crippen LogP contribution < -0.4 is 0 Å². The second kappa shape index (κ2) is 15.0. The van der Waals surface area contributed by atoms with E-state index in [-0.39, 0.29) is 0 Å². The minimum absolute atomic E-state index is 0.721. The molecule has 0 N–H and O–H groups in total. The first-order valence-corrected chi connectivity index (χ1v) is 23.5. The van der Waals surface area contributed by atoms with Gasteiger partial charge in [-0.3, -0.25) is 0 Å². The van der Waals surface area contributed by atoms with Crippen LogP contribution in [0.5, 0.6) is 0 Å². The van der Waals surface area contributed by atoms with Crippen molar-refractivity contribution in [2.24, 2.45) is 0 Å². The van der Waals surface area contributed by atoms with Gasteiger partial charge in [-0.1, -0.05) is 152 Å². The van der Waals surface area contributed by atoms with Crippen LogP contribution in [-0.2, 0) is 0 Å². The molecule has 0 unspecified atom stereocenters. The van der Waals surface area contributed by atoms with E-state index in [9.17, 15) is 0 Å². The average Bonchev–Trinajstić information content (AvgIpc) is 4.06. The van der Waals surface area contributed by atoms with Crippen LogP contribution in [0, 0.1) is 0 Å². The SMILES string of the molecule is c1ccc(-c2nc(-c3cccc(-c4cccc5c4sc4ccc(-n6c7ccccc7c7cc(-c8ccc9c(c8)c8ccccc8n9-c8ccccc8)ccc76)cc45)c3)nc3ccccc23)cc1. The maximum atomic E-state index is 5.19. The molecule has 5 heteroatoms. The fourth-order valence-corrected chi connectivity index (χ4v) is 11.7. The number of hydrogen-bond acceptors (Lipinski definition) is 3. The lowest BCUT2D eigenvalue weighted by molar-refractivity contribution is 1.18. The lowest BCUT2D eigenvalue weighted by Crippen LogP contribution is -1.95. The van der Waals surface area contributed by atoms with Gasteiger partial charge in [0.25, 0.3) is 0 Å². The maximum absolute atomic E-state index is 5.19. The lowest BCUT2D eigenvalue weighted by Gasteiger charge is -2.11. The largest absolute Gasteiger partial charge is 0.309 e. The van der Waals surface area contributed by atoms with Gasteiger partial charge in [-0.25, -0.2) is 9.97 Å². The van der Waals surface area contributed by atoms with Crippen molar-refractivity contribution in [3.05, 3.63) is 231 Å². The highest BCUT2D eigenvalue weighted by atomic mass is 32.1. The van der Waals surface area contributed by atoms with E-state index in [0.717, 1.165) is 44.8 Å². The van der Waals surface area contributed by atoms with Crippen LogP contribution in [0.3, 0.4) is 0 Å². The van der Waals surface area contributed by atoms with Crippen LogP contribution in [0.15, 0.2) is 231 Å². The molecule has 0 bridgehead atoms. The normalized spacial score (nSPS) is 11.9. The summed E-state index contributed by atoms with van der Waals surface area (Å²) in [7, 11) is 0. The fourth-order valence-electron chi connectivity index (χ4n) is 10.4. The lowest BCUT2D eigenvalue weighted by atomic mass is 10.00. The van der Waals surface area contributed by atoms with Gasteiger partial charge in [0.1, 0.15) is 0 Å². The number of benzene rings is 10. The quantitative estimate of drug-likeness (QED) is 0.167. The molecule has 14 aromatic rings. The smallest absolute Gasteiger partial charge is 0.160 e. The molecule has 14 rings (SSSR count). The van der Waals surface area contributed by atoms with Crippen molar-refractivity contribution in [1.82, 2.24) is 19.1 Å². The Bertz CT molecular complexity index is 4270. The molecular formula is C62H38N4S. The van der Waals surface area contributed by atoms with Gasteiger partial charge in [-0.2, -0.15) is 0 Å². The summed E-state index contributed by atoms with van der Waals surface area (Å²) in [5, 5.41) is 8.55. The molecule has 0 atom stereocenters. The summed E-state index contributed by atoms with van der Waals surface area (Å²) in [6.07, 6.45) is 0. The zero-order chi connectivity index (χ0) is 44.0. The highest BCUT2D eigenvalue weighted by molar-refractivity contribution is 7.26. The standard InChI is InChI=1S/C62H38N4S/c1-3-15-39(16-4-1)60-50-23-7-10-26-54(50)63-62(64-60)43-18-13-17-42(35-43)46-24-14-25-49-53-38-45(31-34-59(53)67-61(46)49)66-56-28-12-9-22-48(56)52-37-41(30-33-58(52)66)40-29-32-57-51(36-40)47-21-8-11-27-55(47)65(57)44-19-5-2-6-20-44/h1-38H. The minimum atomic E-state index is 0.721. The summed E-state index contributed by atoms with van der Waals surface area (Å²) in [6.45, 7) is 0. The van der Waals surface area contributed by atoms with Crippen molar-refractivity contribution in [2.75, 3.05) is 0 Å². The van der Waals surface area contributed by atoms with Crippen molar-refractivity contribution >= 4 is 86.0 Å². The van der Waals surface area contributed by atoms with Crippen molar-refractivity contribution in [3.8, 4) is 56.3 Å². The topological polar surface area (TPSA) is 35.6 Å². The Morgan fingerprint density at radius 2 is 0.881 bits per heavy atom. The molecule has 0 saturated heterocycles. The van der Waals surface area contributed by atoms with Crippen molar-refractivity contribution in [3.63, 3.8) is 0 Å². The summed E-state index contributed by atoms with van der Waals surface area (Å²) in [4.78, 5) is 10.3. The summed E-state index contributed by atoms with van der Waals surface area (Å²) >= 11 is 1.86. The molecule has 10 aromatic carbocycles. The third-order valence-electron chi connectivity index (χ3n) is 13.5. The highest BCUT2D eigenvalue weighted by Crippen LogP contribution is 2.43. The Balaban J connectivity index is 0.867. The van der Waals surface area contributed by atoms with Gasteiger partial charge in [0.2, 0.25) is 0 Å². The van der Waals surface area contributed by atoms with Gasteiger partial charge < -0.3 is 9.13 Å². The Morgan fingerprint density at radius 3 is 1.61 bits per heavy atom. The van der Waals surface area contributed by atoms with E-state index in [1.807, 2.05) is 23.5 Å². The van der Waals surface area contributed by atoms with Crippen molar-refractivity contribution < 1.29 is 0 Å². The fraction of sp³-hybridized carbons (Fsp3) is 0. The Labute approximate surface area is 389 Å². The first-order chi connectivity index (χ1) is 33.2. The third kappa shape index (κ3) is 5.99. The van der Waals surface area contributed by atoms with E-state index >= 15 is 0 Å². The number of nitrogens with zero attached hydrogens (tertiary/aromatic N) is 4. The summed E-state index contributed by atoms with van der Waals surface area (Å²) < 4.78 is 7.35. The predicted molar refractivity (Wildman–Crippen MR) is 283 cm³/mol. The second-order valence-electron chi connectivity index (χ2n) is 17.3. The molecule has 0 aliphatic heterocycles. The zero-order valence-corrected chi connectivity index (χ0v) is 37.0.